The zero-order valence-electron chi connectivity index (χ0n) is 15.9. The van der Waals surface area contributed by atoms with Crippen LogP contribution in [0, 0.1) is 6.92 Å². The van der Waals surface area contributed by atoms with Crippen molar-refractivity contribution >= 4 is 46.9 Å². The molecule has 0 saturated carbocycles. The lowest BCUT2D eigenvalue weighted by atomic mass is 10.1. The Hall–Kier alpha value is -2.36. The molecule has 2 aromatic heterocycles. The van der Waals surface area contributed by atoms with E-state index in [2.05, 4.69) is 30.8 Å². The maximum Gasteiger partial charge on any atom is 0.225 e. The number of hydrogen-bond acceptors (Lipinski definition) is 5. The van der Waals surface area contributed by atoms with Crippen molar-refractivity contribution in [2.45, 2.75) is 13.3 Å². The van der Waals surface area contributed by atoms with Gasteiger partial charge in [-0.25, -0.2) is 9.97 Å². The van der Waals surface area contributed by atoms with Crippen LogP contribution in [0.25, 0.3) is 11.0 Å². The van der Waals surface area contributed by atoms with Crippen molar-refractivity contribution in [1.82, 2.24) is 14.9 Å². The van der Waals surface area contributed by atoms with Gasteiger partial charge in [-0.15, -0.1) is 24.0 Å². The van der Waals surface area contributed by atoms with Crippen molar-refractivity contribution in [3.63, 3.8) is 0 Å². The summed E-state index contributed by atoms with van der Waals surface area (Å²) >= 11 is 0. The number of para-hydroxylation sites is 1. The topological polar surface area (TPSA) is 83.8 Å². The van der Waals surface area contributed by atoms with Crippen molar-refractivity contribution in [3.8, 4) is 0 Å². The monoisotopic (exact) mass is 492 g/mol. The van der Waals surface area contributed by atoms with Gasteiger partial charge in [-0.1, -0.05) is 18.2 Å². The summed E-state index contributed by atoms with van der Waals surface area (Å²) in [6.45, 7) is 5.98. The fourth-order valence-corrected chi connectivity index (χ4v) is 3.50. The molecule has 0 atom stereocenters. The van der Waals surface area contributed by atoms with Crippen LogP contribution in [0.5, 0.6) is 0 Å². The Morgan fingerprint density at radius 2 is 1.82 bits per heavy atom. The van der Waals surface area contributed by atoms with Gasteiger partial charge in [0.25, 0.3) is 0 Å². The van der Waals surface area contributed by atoms with Crippen LogP contribution in [0.1, 0.15) is 11.3 Å². The third-order valence-electron chi connectivity index (χ3n) is 4.97. The first-order chi connectivity index (χ1) is 13.2. The zero-order valence-corrected chi connectivity index (χ0v) is 18.2. The van der Waals surface area contributed by atoms with E-state index in [-0.39, 0.29) is 24.0 Å². The summed E-state index contributed by atoms with van der Waals surface area (Å²) in [5, 5.41) is 1.17. The Morgan fingerprint density at radius 1 is 1.11 bits per heavy atom. The number of guanidine groups is 1. The molecule has 3 aromatic rings. The maximum atomic E-state index is 6.23. The van der Waals surface area contributed by atoms with E-state index in [0.717, 1.165) is 49.9 Å². The van der Waals surface area contributed by atoms with E-state index in [0.29, 0.717) is 12.5 Å². The molecule has 0 bridgehead atoms. The molecule has 0 aliphatic carbocycles. The second kappa shape index (κ2) is 9.22. The quantitative estimate of drug-likeness (QED) is 0.343. The predicted octanol–water partition coefficient (Wildman–Crippen LogP) is 2.83. The number of hydrogen-bond donors (Lipinski definition) is 1. The Kier molecular flexibility index (Phi) is 6.71. The average molecular weight is 492 g/mol. The van der Waals surface area contributed by atoms with E-state index < -0.39 is 0 Å². The van der Waals surface area contributed by atoms with Gasteiger partial charge in [0.05, 0.1) is 0 Å². The van der Waals surface area contributed by atoms with Crippen LogP contribution in [-0.2, 0) is 6.42 Å². The van der Waals surface area contributed by atoms with Gasteiger partial charge in [-0.2, -0.15) is 0 Å². The molecule has 0 radical (unpaired) electrons. The Bertz CT molecular complexity index is 934. The summed E-state index contributed by atoms with van der Waals surface area (Å²) in [6.07, 6.45) is 4.36. The number of benzene rings is 1. The minimum atomic E-state index is 0. The number of aromatic nitrogens is 2. The molecule has 0 unspecified atom stereocenters. The van der Waals surface area contributed by atoms with Gasteiger partial charge in [0.15, 0.2) is 5.96 Å². The molecule has 1 aromatic carbocycles. The number of anilines is 1. The Morgan fingerprint density at radius 3 is 2.57 bits per heavy atom. The van der Waals surface area contributed by atoms with Gasteiger partial charge in [-0.05, 0) is 25.5 Å². The fourth-order valence-electron chi connectivity index (χ4n) is 3.50. The van der Waals surface area contributed by atoms with E-state index in [9.17, 15) is 0 Å². The highest BCUT2D eigenvalue weighted by molar-refractivity contribution is 14.0. The molecular formula is C20H25IN6O. The number of piperazine rings is 1. The van der Waals surface area contributed by atoms with Gasteiger partial charge >= 0.3 is 0 Å². The number of halogens is 1. The van der Waals surface area contributed by atoms with E-state index in [4.69, 9.17) is 10.2 Å². The van der Waals surface area contributed by atoms with Crippen molar-refractivity contribution in [2.75, 3.05) is 37.6 Å². The number of rotatable bonds is 4. The SMILES string of the molecule is Cc1oc2ccccc2c1CCN=C(N)N1CCN(c2ncccn2)CC1.I. The van der Waals surface area contributed by atoms with E-state index in [1.165, 1.54) is 10.9 Å². The van der Waals surface area contributed by atoms with Crippen molar-refractivity contribution in [3.05, 3.63) is 54.0 Å². The molecular weight excluding hydrogens is 467 g/mol. The zero-order chi connectivity index (χ0) is 18.6. The van der Waals surface area contributed by atoms with Crippen molar-refractivity contribution in [2.24, 2.45) is 10.7 Å². The van der Waals surface area contributed by atoms with E-state index in [1.807, 2.05) is 31.2 Å². The molecule has 28 heavy (non-hydrogen) atoms. The minimum Gasteiger partial charge on any atom is -0.461 e. The van der Waals surface area contributed by atoms with Crippen LogP contribution in [0.2, 0.25) is 0 Å². The molecule has 1 saturated heterocycles. The summed E-state index contributed by atoms with van der Waals surface area (Å²) in [6, 6.07) is 9.95. The summed E-state index contributed by atoms with van der Waals surface area (Å²) in [5.74, 6) is 2.34. The lowest BCUT2D eigenvalue weighted by Gasteiger charge is -2.35. The highest BCUT2D eigenvalue weighted by Crippen LogP contribution is 2.25. The van der Waals surface area contributed by atoms with Gasteiger partial charge in [-0.3, -0.25) is 4.99 Å². The molecule has 3 heterocycles. The maximum absolute atomic E-state index is 6.23. The van der Waals surface area contributed by atoms with Gasteiger partial charge in [0.1, 0.15) is 11.3 Å². The molecule has 0 amide bonds. The number of nitrogens with zero attached hydrogens (tertiary/aromatic N) is 5. The molecule has 148 valence electrons. The second-order valence-electron chi connectivity index (χ2n) is 6.65. The molecule has 2 N–H and O–H groups in total. The molecule has 4 rings (SSSR count). The third-order valence-corrected chi connectivity index (χ3v) is 4.97. The molecule has 0 spiro atoms. The Labute approximate surface area is 181 Å². The summed E-state index contributed by atoms with van der Waals surface area (Å²) in [4.78, 5) is 17.5. The van der Waals surface area contributed by atoms with Crippen LogP contribution in [-0.4, -0.2) is 53.6 Å². The van der Waals surface area contributed by atoms with E-state index in [1.54, 1.807) is 12.4 Å². The van der Waals surface area contributed by atoms with Gasteiger partial charge in [0.2, 0.25) is 5.95 Å². The van der Waals surface area contributed by atoms with E-state index >= 15 is 0 Å². The summed E-state index contributed by atoms with van der Waals surface area (Å²) in [7, 11) is 0. The molecule has 8 heteroatoms. The first-order valence-electron chi connectivity index (χ1n) is 9.26. The molecule has 7 nitrogen and oxygen atoms in total. The molecule has 1 aliphatic heterocycles. The average Bonchev–Trinajstić information content (AvgIpc) is 3.04. The number of aliphatic imine (C=N–C) groups is 1. The smallest absolute Gasteiger partial charge is 0.225 e. The van der Waals surface area contributed by atoms with Gasteiger partial charge in [0, 0.05) is 56.1 Å². The second-order valence-corrected chi connectivity index (χ2v) is 6.65. The van der Waals surface area contributed by atoms with Crippen LogP contribution in [0.15, 0.2) is 52.1 Å². The normalized spacial score (nSPS) is 15.0. The Balaban J connectivity index is 0.00000225. The molecule has 1 aliphatic rings. The predicted molar refractivity (Wildman–Crippen MR) is 122 cm³/mol. The lowest BCUT2D eigenvalue weighted by Crippen LogP contribution is -2.51. The third kappa shape index (κ3) is 4.37. The van der Waals surface area contributed by atoms with Crippen molar-refractivity contribution in [1.29, 1.82) is 0 Å². The first kappa shape index (κ1) is 20.4. The number of nitrogens with two attached hydrogens (primary N) is 1. The highest BCUT2D eigenvalue weighted by Gasteiger charge is 2.20. The summed E-state index contributed by atoms with van der Waals surface area (Å²) < 4.78 is 5.82. The van der Waals surface area contributed by atoms with Crippen LogP contribution in [0.3, 0.4) is 0 Å². The number of aryl methyl sites for hydroxylation is 1. The highest BCUT2D eigenvalue weighted by atomic mass is 127. The van der Waals surface area contributed by atoms with Crippen molar-refractivity contribution < 1.29 is 4.42 Å². The fraction of sp³-hybridized carbons (Fsp3) is 0.350. The van der Waals surface area contributed by atoms with Crippen LogP contribution in [0.4, 0.5) is 5.95 Å². The lowest BCUT2D eigenvalue weighted by molar-refractivity contribution is 0.378. The summed E-state index contributed by atoms with van der Waals surface area (Å²) in [5.41, 5.74) is 8.37. The van der Waals surface area contributed by atoms with Crippen LogP contribution >= 0.6 is 24.0 Å². The van der Waals surface area contributed by atoms with Gasteiger partial charge < -0.3 is 20.0 Å². The standard InChI is InChI=1S/C20H24N6O.HI/c1-15-16(17-5-2-3-6-18(17)27-15)7-10-22-19(21)25-11-13-26(14-12-25)20-23-8-4-9-24-20;/h2-6,8-9H,7,10-14H2,1H3,(H2,21,22);1H. The minimum absolute atomic E-state index is 0. The van der Waals surface area contributed by atoms with Crippen LogP contribution < -0.4 is 10.6 Å². The largest absolute Gasteiger partial charge is 0.461 e. The molecule has 1 fully saturated rings. The first-order valence-corrected chi connectivity index (χ1v) is 9.26. The number of furan rings is 1. The number of fused-ring (bicyclic) bond motifs is 1.